The number of aromatic amines is 1. The molecule has 2 aromatic carbocycles. The van der Waals surface area contributed by atoms with Gasteiger partial charge < -0.3 is 14.8 Å². The van der Waals surface area contributed by atoms with E-state index in [4.69, 9.17) is 17.0 Å². The van der Waals surface area contributed by atoms with Gasteiger partial charge in [-0.15, -0.1) is 0 Å². The summed E-state index contributed by atoms with van der Waals surface area (Å²) >= 11 is 5.45. The van der Waals surface area contributed by atoms with Crippen molar-refractivity contribution in [1.82, 2.24) is 9.97 Å². The molecule has 23 heavy (non-hydrogen) atoms. The van der Waals surface area contributed by atoms with E-state index in [1.807, 2.05) is 31.2 Å². The third kappa shape index (κ3) is 2.39. The topological polar surface area (TPSA) is 58.1 Å². The first-order chi connectivity index (χ1) is 11.1. The number of nitrogens with zero attached hydrogens (tertiary/aromatic N) is 1. The van der Waals surface area contributed by atoms with E-state index < -0.39 is 0 Å². The fraction of sp³-hybridized carbons (Fsp3) is 0.111. The smallest absolute Gasteiger partial charge is 0.205 e. The van der Waals surface area contributed by atoms with Crippen molar-refractivity contribution in [1.29, 1.82) is 0 Å². The van der Waals surface area contributed by atoms with Gasteiger partial charge in [-0.2, -0.15) is 0 Å². The van der Waals surface area contributed by atoms with Gasteiger partial charge in [0.05, 0.1) is 5.56 Å². The van der Waals surface area contributed by atoms with Gasteiger partial charge in [-0.05, 0) is 30.2 Å². The lowest BCUT2D eigenvalue weighted by Gasteiger charge is -2.22. The van der Waals surface area contributed by atoms with Gasteiger partial charge in [0.1, 0.15) is 22.0 Å². The largest absolute Gasteiger partial charge is 0.508 e. The average Bonchev–Trinajstić information content (AvgIpc) is 2.54. The molecule has 2 N–H and O–H groups in total. The number of ether oxygens (including phenoxy) is 1. The molecular formula is C18H14N2O2S. The van der Waals surface area contributed by atoms with E-state index in [-0.39, 0.29) is 5.75 Å². The Kier molecular flexibility index (Phi) is 3.16. The Labute approximate surface area is 138 Å². The van der Waals surface area contributed by atoms with E-state index in [2.05, 4.69) is 9.97 Å². The van der Waals surface area contributed by atoms with Crippen LogP contribution in [0, 0.1) is 11.6 Å². The number of benzene rings is 2. The van der Waals surface area contributed by atoms with Gasteiger partial charge in [0.15, 0.2) is 0 Å². The van der Waals surface area contributed by atoms with Crippen LogP contribution in [0.4, 0.5) is 0 Å². The Hall–Kier alpha value is -2.66. The van der Waals surface area contributed by atoms with Crippen molar-refractivity contribution in [2.24, 2.45) is 0 Å². The third-order valence-electron chi connectivity index (χ3n) is 3.96. The Balaban J connectivity index is 1.85. The number of phenols is 1. The molecule has 5 heteroatoms. The van der Waals surface area contributed by atoms with Crippen LogP contribution in [0.2, 0.25) is 0 Å². The first-order valence-electron chi connectivity index (χ1n) is 7.31. The molecule has 0 atom stereocenters. The van der Waals surface area contributed by atoms with Crippen LogP contribution in [0.5, 0.6) is 17.4 Å². The SMILES string of the molecule is Cc1cccc2c1Oc1[nH]c(-c3cccc(O)c3)nc(=S)c1C2. The minimum Gasteiger partial charge on any atom is -0.508 e. The maximum atomic E-state index is 9.65. The normalized spacial score (nSPS) is 12.2. The molecule has 3 aromatic rings. The van der Waals surface area contributed by atoms with Gasteiger partial charge in [0.2, 0.25) is 5.88 Å². The molecule has 2 heterocycles. The van der Waals surface area contributed by atoms with Crippen LogP contribution in [0.1, 0.15) is 16.7 Å². The van der Waals surface area contributed by atoms with Crippen molar-refractivity contribution < 1.29 is 9.84 Å². The van der Waals surface area contributed by atoms with E-state index in [9.17, 15) is 5.11 Å². The highest BCUT2D eigenvalue weighted by Gasteiger charge is 2.21. The molecule has 0 amide bonds. The van der Waals surface area contributed by atoms with Crippen LogP contribution < -0.4 is 4.74 Å². The fourth-order valence-corrected chi connectivity index (χ4v) is 3.06. The number of phenolic OH excluding ortho intramolecular Hbond substituents is 1. The fourth-order valence-electron chi connectivity index (χ4n) is 2.80. The van der Waals surface area contributed by atoms with Gasteiger partial charge in [-0.1, -0.05) is 42.5 Å². The summed E-state index contributed by atoms with van der Waals surface area (Å²) in [5, 5.41) is 9.65. The standard InChI is InChI=1S/C18H14N2O2S/c1-10-4-2-5-11-9-14-17(22-15(10)11)19-16(20-18(14)23)12-6-3-7-13(21)8-12/h2-8,21H,9H2,1H3,(H,19,20,23). The van der Waals surface area contributed by atoms with Gasteiger partial charge in [-0.25, -0.2) is 4.98 Å². The molecule has 0 radical (unpaired) electrons. The lowest BCUT2D eigenvalue weighted by molar-refractivity contribution is 0.435. The predicted molar refractivity (Wildman–Crippen MR) is 90.6 cm³/mol. The highest BCUT2D eigenvalue weighted by Crippen LogP contribution is 2.38. The summed E-state index contributed by atoms with van der Waals surface area (Å²) in [6, 6.07) is 13.0. The molecule has 0 spiro atoms. The van der Waals surface area contributed by atoms with Gasteiger partial charge in [0.25, 0.3) is 0 Å². The lowest BCUT2D eigenvalue weighted by atomic mass is 10.0. The van der Waals surface area contributed by atoms with Crippen molar-refractivity contribution >= 4 is 12.2 Å². The minimum absolute atomic E-state index is 0.184. The van der Waals surface area contributed by atoms with Gasteiger partial charge in [0, 0.05) is 12.0 Å². The van der Waals surface area contributed by atoms with E-state index in [1.165, 1.54) is 0 Å². The number of fused-ring (bicyclic) bond motifs is 2. The lowest BCUT2D eigenvalue weighted by Crippen LogP contribution is -2.08. The molecule has 0 unspecified atom stereocenters. The summed E-state index contributed by atoms with van der Waals surface area (Å²) in [7, 11) is 0. The number of H-pyrrole nitrogens is 1. The molecule has 0 fully saturated rings. The highest BCUT2D eigenvalue weighted by molar-refractivity contribution is 7.71. The van der Waals surface area contributed by atoms with Crippen molar-refractivity contribution in [3.05, 3.63) is 63.8 Å². The predicted octanol–water partition coefficient (Wildman–Crippen LogP) is 4.52. The second kappa shape index (κ2) is 5.21. The molecule has 0 saturated carbocycles. The van der Waals surface area contributed by atoms with Crippen LogP contribution in [0.3, 0.4) is 0 Å². The van der Waals surface area contributed by atoms with Crippen molar-refractivity contribution in [3.8, 4) is 28.8 Å². The Morgan fingerprint density at radius 1 is 1.22 bits per heavy atom. The summed E-state index contributed by atoms with van der Waals surface area (Å²) < 4.78 is 6.57. The van der Waals surface area contributed by atoms with Crippen molar-refractivity contribution in [2.75, 3.05) is 0 Å². The maximum absolute atomic E-state index is 9.65. The summed E-state index contributed by atoms with van der Waals surface area (Å²) in [5.74, 6) is 2.27. The number of nitrogens with one attached hydrogen (secondary N) is 1. The molecule has 114 valence electrons. The Bertz CT molecular complexity index is 979. The van der Waals surface area contributed by atoms with Crippen LogP contribution in [-0.4, -0.2) is 15.1 Å². The Morgan fingerprint density at radius 2 is 2.04 bits per heavy atom. The highest BCUT2D eigenvalue weighted by atomic mass is 32.1. The zero-order chi connectivity index (χ0) is 16.0. The molecule has 1 aliphatic rings. The number of aryl methyl sites for hydroxylation is 1. The summed E-state index contributed by atoms with van der Waals surface area (Å²) in [4.78, 5) is 7.67. The number of para-hydroxylation sites is 1. The van der Waals surface area contributed by atoms with Crippen LogP contribution >= 0.6 is 12.2 Å². The first-order valence-corrected chi connectivity index (χ1v) is 7.71. The molecule has 1 aromatic heterocycles. The zero-order valence-corrected chi connectivity index (χ0v) is 13.3. The van der Waals surface area contributed by atoms with E-state index in [0.717, 1.165) is 28.0 Å². The second-order valence-electron chi connectivity index (χ2n) is 5.59. The first kappa shape index (κ1) is 14.0. The monoisotopic (exact) mass is 322 g/mol. The number of hydrogen-bond acceptors (Lipinski definition) is 4. The summed E-state index contributed by atoms with van der Waals surface area (Å²) in [6.45, 7) is 2.02. The molecule has 0 saturated heterocycles. The van der Waals surface area contributed by atoms with Gasteiger partial charge in [-0.3, -0.25) is 0 Å². The Morgan fingerprint density at radius 3 is 2.87 bits per heavy atom. The molecule has 4 rings (SSSR count). The quantitative estimate of drug-likeness (QED) is 0.506. The van der Waals surface area contributed by atoms with E-state index >= 15 is 0 Å². The second-order valence-corrected chi connectivity index (χ2v) is 5.98. The number of aromatic hydroxyl groups is 1. The maximum Gasteiger partial charge on any atom is 0.205 e. The number of aromatic nitrogens is 2. The molecule has 4 nitrogen and oxygen atoms in total. The molecule has 0 bridgehead atoms. The number of rotatable bonds is 1. The number of hydrogen-bond donors (Lipinski definition) is 2. The molecular weight excluding hydrogens is 308 g/mol. The van der Waals surface area contributed by atoms with Crippen LogP contribution in [0.15, 0.2) is 42.5 Å². The van der Waals surface area contributed by atoms with Crippen LogP contribution in [0.25, 0.3) is 11.4 Å². The summed E-state index contributed by atoms with van der Waals surface area (Å²) in [5.41, 5.74) is 3.85. The van der Waals surface area contributed by atoms with Crippen molar-refractivity contribution in [2.45, 2.75) is 13.3 Å². The molecule has 0 aliphatic carbocycles. The van der Waals surface area contributed by atoms with Gasteiger partial charge >= 0.3 is 0 Å². The average molecular weight is 322 g/mol. The van der Waals surface area contributed by atoms with Crippen LogP contribution in [-0.2, 0) is 6.42 Å². The van der Waals surface area contributed by atoms with E-state index in [1.54, 1.807) is 18.2 Å². The third-order valence-corrected chi connectivity index (χ3v) is 4.30. The van der Waals surface area contributed by atoms with E-state index in [0.29, 0.717) is 22.8 Å². The zero-order valence-electron chi connectivity index (χ0n) is 12.5. The van der Waals surface area contributed by atoms with Crippen molar-refractivity contribution in [3.63, 3.8) is 0 Å². The molecule has 1 aliphatic heterocycles. The summed E-state index contributed by atoms with van der Waals surface area (Å²) in [6.07, 6.45) is 0.703. The minimum atomic E-state index is 0.184.